The van der Waals surface area contributed by atoms with Gasteiger partial charge in [0.15, 0.2) is 11.3 Å². The molecular weight excluding hydrogens is 214 g/mol. The predicted molar refractivity (Wildman–Crippen MR) is 65.8 cm³/mol. The van der Waals surface area contributed by atoms with Crippen molar-refractivity contribution >= 4 is 16.8 Å². The van der Waals surface area contributed by atoms with Gasteiger partial charge in [-0.1, -0.05) is 20.8 Å². The van der Waals surface area contributed by atoms with Crippen molar-refractivity contribution in [3.8, 4) is 0 Å². The van der Waals surface area contributed by atoms with E-state index in [9.17, 15) is 0 Å². The number of hydrogen-bond acceptors (Lipinski definition) is 3. The molecule has 0 saturated heterocycles. The van der Waals surface area contributed by atoms with Crippen molar-refractivity contribution < 1.29 is 0 Å². The van der Waals surface area contributed by atoms with Crippen molar-refractivity contribution in [2.24, 2.45) is 5.41 Å². The highest BCUT2D eigenvalue weighted by Gasteiger charge is 2.17. The lowest BCUT2D eigenvalue weighted by Crippen LogP contribution is -2.12. The lowest BCUT2D eigenvalue weighted by Gasteiger charge is -2.16. The van der Waals surface area contributed by atoms with Crippen LogP contribution in [0.1, 0.15) is 26.6 Å². The molecule has 0 unspecified atom stereocenters. The van der Waals surface area contributed by atoms with Gasteiger partial charge in [-0.3, -0.25) is 4.40 Å². The fourth-order valence-corrected chi connectivity index (χ4v) is 2.02. The summed E-state index contributed by atoms with van der Waals surface area (Å²) < 4.78 is 2.07. The summed E-state index contributed by atoms with van der Waals surface area (Å²) in [5, 5.41) is 8.44. The number of aromatic amines is 1. The molecule has 5 nitrogen and oxygen atoms in total. The zero-order valence-electron chi connectivity index (χ0n) is 10.2. The van der Waals surface area contributed by atoms with Crippen molar-refractivity contribution in [3.63, 3.8) is 0 Å². The standard InChI is InChI=1S/C12H15N5/c1-12(2,3)6-9-15-16-10-7-14-11-8(17(9)10)4-5-13-11/h4-5,7,13H,6H2,1-3H3. The number of hydrogen-bond donors (Lipinski definition) is 1. The van der Waals surface area contributed by atoms with Gasteiger partial charge in [-0.15, -0.1) is 10.2 Å². The molecule has 0 atom stereocenters. The van der Waals surface area contributed by atoms with Crippen LogP contribution in [0.4, 0.5) is 0 Å². The van der Waals surface area contributed by atoms with Gasteiger partial charge in [0.2, 0.25) is 0 Å². The summed E-state index contributed by atoms with van der Waals surface area (Å²) in [6, 6.07) is 2.00. The van der Waals surface area contributed by atoms with Gasteiger partial charge in [0.05, 0.1) is 11.7 Å². The minimum absolute atomic E-state index is 0.189. The van der Waals surface area contributed by atoms with Gasteiger partial charge in [0.25, 0.3) is 0 Å². The van der Waals surface area contributed by atoms with Crippen LogP contribution in [0.2, 0.25) is 0 Å². The molecule has 3 aromatic heterocycles. The van der Waals surface area contributed by atoms with Crippen molar-refractivity contribution in [3.05, 3.63) is 24.3 Å². The minimum Gasteiger partial charge on any atom is -0.345 e. The van der Waals surface area contributed by atoms with Crippen LogP contribution in [-0.2, 0) is 6.42 Å². The van der Waals surface area contributed by atoms with E-state index in [0.717, 1.165) is 29.1 Å². The molecule has 0 aliphatic rings. The summed E-state index contributed by atoms with van der Waals surface area (Å²) in [6.07, 6.45) is 4.52. The molecular formula is C12H15N5. The van der Waals surface area contributed by atoms with Crippen molar-refractivity contribution in [1.29, 1.82) is 0 Å². The number of nitrogens with zero attached hydrogens (tertiary/aromatic N) is 4. The first-order chi connectivity index (χ1) is 8.04. The Kier molecular flexibility index (Phi) is 1.98. The monoisotopic (exact) mass is 229 g/mol. The van der Waals surface area contributed by atoms with Gasteiger partial charge >= 0.3 is 0 Å². The summed E-state index contributed by atoms with van der Waals surface area (Å²) in [4.78, 5) is 7.40. The summed E-state index contributed by atoms with van der Waals surface area (Å²) in [6.45, 7) is 6.59. The second kappa shape index (κ2) is 3.29. The summed E-state index contributed by atoms with van der Waals surface area (Å²) in [5.41, 5.74) is 2.89. The van der Waals surface area contributed by atoms with E-state index >= 15 is 0 Å². The van der Waals surface area contributed by atoms with Gasteiger partial charge in [0.1, 0.15) is 5.82 Å². The molecule has 0 aliphatic carbocycles. The second-order valence-electron chi connectivity index (χ2n) is 5.52. The Balaban J connectivity index is 2.28. The molecule has 88 valence electrons. The van der Waals surface area contributed by atoms with E-state index in [1.807, 2.05) is 12.3 Å². The molecule has 0 saturated carbocycles. The normalized spacial score (nSPS) is 12.6. The fourth-order valence-electron chi connectivity index (χ4n) is 2.02. The van der Waals surface area contributed by atoms with Gasteiger partial charge < -0.3 is 4.98 Å². The molecule has 1 N–H and O–H groups in total. The minimum atomic E-state index is 0.189. The predicted octanol–water partition coefficient (Wildman–Crippen LogP) is 2.19. The van der Waals surface area contributed by atoms with Gasteiger partial charge in [0, 0.05) is 12.6 Å². The SMILES string of the molecule is CC(C)(C)Cc1nnc2cnc3[nH]ccc3n12. The first-order valence-corrected chi connectivity index (χ1v) is 5.71. The summed E-state index contributed by atoms with van der Waals surface area (Å²) in [7, 11) is 0. The Morgan fingerprint density at radius 2 is 2.12 bits per heavy atom. The van der Waals surface area contributed by atoms with E-state index in [-0.39, 0.29) is 5.41 Å². The largest absolute Gasteiger partial charge is 0.345 e. The molecule has 0 amide bonds. The van der Waals surface area contributed by atoms with E-state index in [1.165, 1.54) is 0 Å². The molecule has 3 rings (SSSR count). The molecule has 0 radical (unpaired) electrons. The third kappa shape index (κ3) is 1.67. The van der Waals surface area contributed by atoms with E-state index in [1.54, 1.807) is 6.20 Å². The Labute approximate surface area is 98.9 Å². The highest BCUT2D eigenvalue weighted by atomic mass is 15.3. The van der Waals surface area contributed by atoms with E-state index in [0.29, 0.717) is 0 Å². The number of rotatable bonds is 1. The number of H-pyrrole nitrogens is 1. The maximum absolute atomic E-state index is 4.30. The lowest BCUT2D eigenvalue weighted by molar-refractivity contribution is 0.399. The molecule has 17 heavy (non-hydrogen) atoms. The van der Waals surface area contributed by atoms with Crippen LogP contribution in [0.5, 0.6) is 0 Å². The molecule has 0 bridgehead atoms. The van der Waals surface area contributed by atoms with Crippen molar-refractivity contribution in [2.45, 2.75) is 27.2 Å². The zero-order valence-corrected chi connectivity index (χ0v) is 10.2. The second-order valence-corrected chi connectivity index (χ2v) is 5.52. The Morgan fingerprint density at radius 1 is 1.29 bits per heavy atom. The summed E-state index contributed by atoms with van der Waals surface area (Å²) >= 11 is 0. The van der Waals surface area contributed by atoms with Crippen LogP contribution in [-0.4, -0.2) is 24.6 Å². The maximum atomic E-state index is 4.30. The van der Waals surface area contributed by atoms with E-state index in [2.05, 4.69) is 45.3 Å². The van der Waals surface area contributed by atoms with Crippen LogP contribution in [0, 0.1) is 5.41 Å². The van der Waals surface area contributed by atoms with Gasteiger partial charge in [-0.2, -0.15) is 0 Å². The quantitative estimate of drug-likeness (QED) is 0.696. The van der Waals surface area contributed by atoms with Gasteiger partial charge in [-0.05, 0) is 11.5 Å². The topological polar surface area (TPSA) is 58.9 Å². The van der Waals surface area contributed by atoms with Crippen molar-refractivity contribution in [2.75, 3.05) is 0 Å². The summed E-state index contributed by atoms with van der Waals surface area (Å²) in [5.74, 6) is 0.986. The average molecular weight is 229 g/mol. The van der Waals surface area contributed by atoms with Crippen LogP contribution in [0.15, 0.2) is 18.5 Å². The zero-order chi connectivity index (χ0) is 12.0. The van der Waals surface area contributed by atoms with E-state index < -0.39 is 0 Å². The molecule has 0 fully saturated rings. The first kappa shape index (κ1) is 10.3. The third-order valence-electron chi connectivity index (χ3n) is 2.70. The number of nitrogens with one attached hydrogen (secondary N) is 1. The highest BCUT2D eigenvalue weighted by Crippen LogP contribution is 2.21. The molecule has 3 heterocycles. The number of fused-ring (bicyclic) bond motifs is 3. The smallest absolute Gasteiger partial charge is 0.179 e. The molecule has 5 heteroatoms. The Hall–Kier alpha value is -1.91. The Bertz CT molecular complexity index is 671. The molecule has 0 aliphatic heterocycles. The Morgan fingerprint density at radius 3 is 2.88 bits per heavy atom. The third-order valence-corrected chi connectivity index (χ3v) is 2.70. The lowest BCUT2D eigenvalue weighted by atomic mass is 9.92. The van der Waals surface area contributed by atoms with Crippen LogP contribution in [0.3, 0.4) is 0 Å². The van der Waals surface area contributed by atoms with Crippen LogP contribution >= 0.6 is 0 Å². The molecule has 3 aromatic rings. The maximum Gasteiger partial charge on any atom is 0.179 e. The van der Waals surface area contributed by atoms with Crippen molar-refractivity contribution in [1.82, 2.24) is 24.6 Å². The number of aromatic nitrogens is 5. The van der Waals surface area contributed by atoms with Gasteiger partial charge in [-0.25, -0.2) is 4.98 Å². The van der Waals surface area contributed by atoms with Crippen LogP contribution in [0.25, 0.3) is 16.8 Å². The first-order valence-electron chi connectivity index (χ1n) is 5.71. The van der Waals surface area contributed by atoms with E-state index in [4.69, 9.17) is 0 Å². The fraction of sp³-hybridized carbons (Fsp3) is 0.417. The van der Waals surface area contributed by atoms with Crippen LogP contribution < -0.4 is 0 Å². The highest BCUT2D eigenvalue weighted by molar-refractivity contribution is 5.74. The average Bonchev–Trinajstić information content (AvgIpc) is 2.80. The molecule has 0 spiro atoms. The molecule has 0 aromatic carbocycles.